The predicted molar refractivity (Wildman–Crippen MR) is 85.9 cm³/mol. The van der Waals surface area contributed by atoms with Crippen molar-refractivity contribution in [3.63, 3.8) is 0 Å². The van der Waals surface area contributed by atoms with E-state index >= 15 is 0 Å². The maximum atomic E-state index is 10.7. The van der Waals surface area contributed by atoms with Crippen LogP contribution in [0.5, 0.6) is 0 Å². The van der Waals surface area contributed by atoms with Crippen LogP contribution in [0, 0.1) is 27.7 Å². The Kier molecular flexibility index (Phi) is 4.43. The van der Waals surface area contributed by atoms with E-state index in [-0.39, 0.29) is 0 Å². The molecule has 0 saturated carbocycles. The van der Waals surface area contributed by atoms with Crippen molar-refractivity contribution in [1.82, 2.24) is 0 Å². The molecule has 0 aromatic heterocycles. The molecule has 1 unspecified atom stereocenters. The second kappa shape index (κ2) is 5.77. The van der Waals surface area contributed by atoms with Crippen molar-refractivity contribution >= 4 is 23.2 Å². The molecule has 1 nitrogen and oxygen atoms in total. The van der Waals surface area contributed by atoms with E-state index in [4.69, 9.17) is 23.2 Å². The van der Waals surface area contributed by atoms with E-state index in [0.717, 1.165) is 22.3 Å². The highest BCUT2D eigenvalue weighted by Crippen LogP contribution is 2.33. The summed E-state index contributed by atoms with van der Waals surface area (Å²) >= 11 is 12.1. The van der Waals surface area contributed by atoms with Gasteiger partial charge < -0.3 is 5.11 Å². The SMILES string of the molecule is Cc1cc(C)c(C)c(C(O)c2cc(Cl)cc(Cl)c2)c1C. The molecule has 0 amide bonds. The maximum Gasteiger partial charge on any atom is 0.105 e. The lowest BCUT2D eigenvalue weighted by molar-refractivity contribution is 0.218. The van der Waals surface area contributed by atoms with Gasteiger partial charge in [-0.3, -0.25) is 0 Å². The fraction of sp³-hybridized carbons (Fsp3) is 0.294. The van der Waals surface area contributed by atoms with Gasteiger partial charge in [-0.1, -0.05) is 29.3 Å². The quantitative estimate of drug-likeness (QED) is 0.797. The predicted octanol–water partition coefficient (Wildman–Crippen LogP) is 5.31. The molecule has 2 aromatic carbocycles. The van der Waals surface area contributed by atoms with Crippen LogP contribution in [0.25, 0.3) is 0 Å². The van der Waals surface area contributed by atoms with Gasteiger partial charge in [0, 0.05) is 10.0 Å². The molecule has 0 bridgehead atoms. The molecule has 1 N–H and O–H groups in total. The fourth-order valence-corrected chi connectivity index (χ4v) is 3.10. The zero-order valence-corrected chi connectivity index (χ0v) is 13.6. The summed E-state index contributed by atoms with van der Waals surface area (Å²) in [4.78, 5) is 0. The number of halogens is 2. The summed E-state index contributed by atoms with van der Waals surface area (Å²) in [6.07, 6.45) is -0.718. The maximum absolute atomic E-state index is 10.7. The molecule has 1 atom stereocenters. The van der Waals surface area contributed by atoms with Gasteiger partial charge in [0.2, 0.25) is 0 Å². The third-order valence-corrected chi connectivity index (χ3v) is 4.33. The lowest BCUT2D eigenvalue weighted by Crippen LogP contribution is -2.07. The van der Waals surface area contributed by atoms with E-state index in [0.29, 0.717) is 10.0 Å². The highest BCUT2D eigenvalue weighted by atomic mass is 35.5. The number of aliphatic hydroxyl groups is 1. The summed E-state index contributed by atoms with van der Waals surface area (Å²) < 4.78 is 0. The van der Waals surface area contributed by atoms with Crippen LogP contribution in [-0.4, -0.2) is 5.11 Å². The number of benzene rings is 2. The molecule has 20 heavy (non-hydrogen) atoms. The fourth-order valence-electron chi connectivity index (χ4n) is 2.56. The van der Waals surface area contributed by atoms with Crippen molar-refractivity contribution in [3.8, 4) is 0 Å². The minimum absolute atomic E-state index is 0.534. The minimum atomic E-state index is -0.718. The Morgan fingerprint density at radius 2 is 1.25 bits per heavy atom. The van der Waals surface area contributed by atoms with Crippen LogP contribution in [0.15, 0.2) is 24.3 Å². The first kappa shape index (κ1) is 15.4. The van der Waals surface area contributed by atoms with Crippen molar-refractivity contribution in [2.45, 2.75) is 33.8 Å². The van der Waals surface area contributed by atoms with E-state index in [2.05, 4.69) is 19.9 Å². The van der Waals surface area contributed by atoms with Crippen LogP contribution >= 0.6 is 23.2 Å². The first-order valence-electron chi connectivity index (χ1n) is 6.52. The summed E-state index contributed by atoms with van der Waals surface area (Å²) in [5, 5.41) is 11.8. The number of aryl methyl sites for hydroxylation is 2. The van der Waals surface area contributed by atoms with Crippen LogP contribution in [-0.2, 0) is 0 Å². The molecule has 0 fully saturated rings. The summed E-state index contributed by atoms with van der Waals surface area (Å²) in [6.45, 7) is 8.19. The van der Waals surface area contributed by atoms with E-state index in [9.17, 15) is 5.11 Å². The largest absolute Gasteiger partial charge is 0.384 e. The second-order valence-corrected chi connectivity index (χ2v) is 6.15. The molecule has 0 saturated heterocycles. The normalized spacial score (nSPS) is 12.6. The van der Waals surface area contributed by atoms with Gasteiger partial charge >= 0.3 is 0 Å². The topological polar surface area (TPSA) is 20.2 Å². The van der Waals surface area contributed by atoms with Crippen LogP contribution in [0.1, 0.15) is 39.5 Å². The summed E-state index contributed by atoms with van der Waals surface area (Å²) in [6, 6.07) is 7.33. The summed E-state index contributed by atoms with van der Waals surface area (Å²) in [5.74, 6) is 0. The van der Waals surface area contributed by atoms with Gasteiger partial charge in [0.05, 0.1) is 0 Å². The lowest BCUT2D eigenvalue weighted by Gasteiger charge is -2.21. The first-order chi connectivity index (χ1) is 9.31. The molecule has 0 aliphatic carbocycles. The van der Waals surface area contributed by atoms with Crippen LogP contribution in [0.4, 0.5) is 0 Å². The molecule has 0 aliphatic heterocycles. The first-order valence-corrected chi connectivity index (χ1v) is 7.28. The zero-order chi connectivity index (χ0) is 15.0. The highest BCUT2D eigenvalue weighted by Gasteiger charge is 2.19. The molecule has 0 spiro atoms. The Morgan fingerprint density at radius 3 is 1.70 bits per heavy atom. The van der Waals surface area contributed by atoms with Crippen molar-refractivity contribution in [1.29, 1.82) is 0 Å². The second-order valence-electron chi connectivity index (χ2n) is 5.28. The Morgan fingerprint density at radius 1 is 0.800 bits per heavy atom. The molecular formula is C17H18Cl2O. The molecule has 106 valence electrons. The number of aliphatic hydroxyl groups excluding tert-OH is 1. The Balaban J connectivity index is 2.61. The van der Waals surface area contributed by atoms with Crippen LogP contribution in [0.3, 0.4) is 0 Å². The Hall–Kier alpha value is -1.02. The van der Waals surface area contributed by atoms with Gasteiger partial charge in [0.15, 0.2) is 0 Å². The third kappa shape index (κ3) is 2.85. The van der Waals surface area contributed by atoms with Crippen molar-refractivity contribution < 1.29 is 5.11 Å². The average molecular weight is 309 g/mol. The van der Waals surface area contributed by atoms with Crippen LogP contribution < -0.4 is 0 Å². The zero-order valence-electron chi connectivity index (χ0n) is 12.1. The third-order valence-electron chi connectivity index (χ3n) is 3.90. The molecule has 2 aromatic rings. The van der Waals surface area contributed by atoms with Crippen molar-refractivity contribution in [2.75, 3.05) is 0 Å². The van der Waals surface area contributed by atoms with E-state index in [1.807, 2.05) is 13.8 Å². The monoisotopic (exact) mass is 308 g/mol. The molecular weight excluding hydrogens is 291 g/mol. The number of hydrogen-bond acceptors (Lipinski definition) is 1. The molecule has 0 aliphatic rings. The van der Waals surface area contributed by atoms with Gasteiger partial charge in [-0.2, -0.15) is 0 Å². The minimum Gasteiger partial charge on any atom is -0.384 e. The van der Waals surface area contributed by atoms with Gasteiger partial charge in [0.25, 0.3) is 0 Å². The summed E-state index contributed by atoms with van der Waals surface area (Å²) in [7, 11) is 0. The molecule has 0 radical (unpaired) electrons. The molecule has 3 heteroatoms. The van der Waals surface area contributed by atoms with E-state index in [1.165, 1.54) is 11.1 Å². The standard InChI is InChI=1S/C17H18Cl2O/c1-9-5-10(2)12(4)16(11(9)3)17(20)13-6-14(18)8-15(19)7-13/h5-8,17,20H,1-4H3. The van der Waals surface area contributed by atoms with Gasteiger partial charge in [-0.05, 0) is 79.3 Å². The Labute approximate surface area is 130 Å². The van der Waals surface area contributed by atoms with E-state index in [1.54, 1.807) is 18.2 Å². The lowest BCUT2D eigenvalue weighted by atomic mass is 9.88. The van der Waals surface area contributed by atoms with Gasteiger partial charge in [-0.25, -0.2) is 0 Å². The average Bonchev–Trinajstić information content (AvgIpc) is 2.35. The number of rotatable bonds is 2. The molecule has 0 heterocycles. The number of hydrogen-bond donors (Lipinski definition) is 1. The highest BCUT2D eigenvalue weighted by molar-refractivity contribution is 6.34. The van der Waals surface area contributed by atoms with E-state index < -0.39 is 6.10 Å². The molecule has 2 rings (SSSR count). The summed E-state index contributed by atoms with van der Waals surface area (Å²) in [5.41, 5.74) is 6.23. The smallest absolute Gasteiger partial charge is 0.105 e. The van der Waals surface area contributed by atoms with Crippen molar-refractivity contribution in [2.24, 2.45) is 0 Å². The Bertz CT molecular complexity index is 616. The van der Waals surface area contributed by atoms with Crippen LogP contribution in [0.2, 0.25) is 10.0 Å². The van der Waals surface area contributed by atoms with Gasteiger partial charge in [0.1, 0.15) is 6.10 Å². The van der Waals surface area contributed by atoms with Gasteiger partial charge in [-0.15, -0.1) is 0 Å². The van der Waals surface area contributed by atoms with Crippen molar-refractivity contribution in [3.05, 3.63) is 67.7 Å².